The molecular weight excluding hydrogens is 642 g/mol. The molecule has 10 atom stereocenters. The number of hydrogen-bond acceptors (Lipinski definition) is 14. The van der Waals surface area contributed by atoms with Gasteiger partial charge in [-0.2, -0.15) is 0 Å². The first-order chi connectivity index (χ1) is 21.2. The summed E-state index contributed by atoms with van der Waals surface area (Å²) in [6.07, 6.45) is -7.07. The molecule has 0 N–H and O–H groups in total. The molecule has 0 radical (unpaired) electrons. The topological polar surface area (TPSA) is 191 Å². The van der Waals surface area contributed by atoms with E-state index in [4.69, 9.17) is 37.6 Å². The molecule has 3 saturated heterocycles. The molecule has 1 unspecified atom stereocenters. The van der Waals surface area contributed by atoms with Gasteiger partial charge in [0.15, 0.2) is 32.9 Å². The van der Waals surface area contributed by atoms with Crippen molar-refractivity contribution in [1.29, 1.82) is 0 Å². The normalized spacial score (nSPS) is 32.9. The highest BCUT2D eigenvalue weighted by Gasteiger charge is 2.58. The van der Waals surface area contributed by atoms with Gasteiger partial charge in [0.05, 0.1) is 23.4 Å². The molecule has 0 aromatic carbocycles. The number of azide groups is 1. The molecule has 3 aliphatic rings. The Morgan fingerprint density at radius 2 is 1.50 bits per heavy atom. The number of fused-ring (bicyclic) bond motifs is 2. The van der Waals surface area contributed by atoms with Gasteiger partial charge in [-0.1, -0.05) is 25.9 Å². The molecule has 0 amide bonds. The molecule has 0 spiro atoms. The van der Waals surface area contributed by atoms with Crippen LogP contribution in [0.4, 0.5) is 0 Å². The van der Waals surface area contributed by atoms with Crippen LogP contribution in [0.1, 0.15) is 62.3 Å². The van der Waals surface area contributed by atoms with E-state index in [1.807, 2.05) is 13.1 Å². The molecule has 3 heterocycles. The number of thioether (sulfide) groups is 1. The summed E-state index contributed by atoms with van der Waals surface area (Å²) in [6.45, 7) is 18.7. The van der Waals surface area contributed by atoms with Crippen LogP contribution in [0.3, 0.4) is 0 Å². The lowest BCUT2D eigenvalue weighted by molar-refractivity contribution is -0.222. The van der Waals surface area contributed by atoms with Crippen molar-refractivity contribution in [3.63, 3.8) is 0 Å². The molecular formula is C29H47N3O12SSi. The number of nitrogens with zero attached hydrogens (tertiary/aromatic N) is 3. The summed E-state index contributed by atoms with van der Waals surface area (Å²) in [7, 11) is -2.52. The lowest BCUT2D eigenvalue weighted by atomic mass is 9.96. The summed E-state index contributed by atoms with van der Waals surface area (Å²) in [5, 5.41) is 2.95. The van der Waals surface area contributed by atoms with Gasteiger partial charge >= 0.3 is 23.9 Å². The maximum Gasteiger partial charge on any atom is 0.311 e. The van der Waals surface area contributed by atoms with Crippen LogP contribution in [0.15, 0.2) is 5.11 Å². The monoisotopic (exact) mass is 689 g/mol. The molecule has 3 rings (SSSR count). The van der Waals surface area contributed by atoms with Gasteiger partial charge in [-0.15, -0.1) is 11.8 Å². The molecule has 3 aliphatic heterocycles. The third kappa shape index (κ3) is 9.14. The molecule has 260 valence electrons. The minimum absolute atomic E-state index is 0.105. The fourth-order valence-corrected chi connectivity index (χ4v) is 7.63. The van der Waals surface area contributed by atoms with Gasteiger partial charge in [-0.25, -0.2) is 0 Å². The summed E-state index contributed by atoms with van der Waals surface area (Å²) in [5.74, 6) is -2.63. The summed E-state index contributed by atoms with van der Waals surface area (Å²) in [5.41, 5.74) is 7.41. The SMILES string of the molecule is CC(=O)OC[C@H]1SC(O[C@H]2[C@H](O[Si](C)(C)C(C)(C)C)[C@@H](N=[N+]=[N-])[C@@H]3OC[C@H]2O3)[C@H](OC(=O)C(C)(C)C)[C@@H](OC(C)=O)[C@@H]1OC(C)=O. The second kappa shape index (κ2) is 14.8. The van der Waals surface area contributed by atoms with Gasteiger partial charge in [0.25, 0.3) is 0 Å². The second-order valence-corrected chi connectivity index (χ2v) is 20.2. The smallest absolute Gasteiger partial charge is 0.311 e. The van der Waals surface area contributed by atoms with Gasteiger partial charge in [0.1, 0.15) is 30.3 Å². The minimum Gasteiger partial charge on any atom is -0.465 e. The highest BCUT2D eigenvalue weighted by Crippen LogP contribution is 2.45. The molecule has 2 bridgehead atoms. The quantitative estimate of drug-likeness (QED) is 0.0799. The number of esters is 4. The largest absolute Gasteiger partial charge is 0.465 e. The fourth-order valence-electron chi connectivity index (χ4n) is 4.91. The van der Waals surface area contributed by atoms with Crippen molar-refractivity contribution >= 4 is 44.0 Å². The van der Waals surface area contributed by atoms with Crippen LogP contribution in [0, 0.1) is 5.41 Å². The van der Waals surface area contributed by atoms with Crippen molar-refractivity contribution in [2.45, 2.75) is 140 Å². The first-order valence-corrected chi connectivity index (χ1v) is 19.0. The van der Waals surface area contributed by atoms with E-state index in [1.54, 1.807) is 20.8 Å². The Morgan fingerprint density at radius 3 is 2.02 bits per heavy atom. The van der Waals surface area contributed by atoms with Crippen molar-refractivity contribution in [2.24, 2.45) is 10.5 Å². The van der Waals surface area contributed by atoms with Crippen molar-refractivity contribution in [1.82, 2.24) is 0 Å². The summed E-state index contributed by atoms with van der Waals surface area (Å²) < 4.78 is 48.1. The van der Waals surface area contributed by atoms with Crippen molar-refractivity contribution in [3.8, 4) is 0 Å². The summed E-state index contributed by atoms with van der Waals surface area (Å²) in [6, 6.07) is -0.915. The third-order valence-corrected chi connectivity index (χ3v) is 14.1. The van der Waals surface area contributed by atoms with E-state index in [0.29, 0.717) is 0 Å². The standard InChI is InChI=1S/C29H47N3O12SSi/c1-14(33)37-13-18-21(39-15(2)34)23(40-16(3)35)24(43-27(36)28(4,5)6)26(45-18)42-20-17-12-38-25(41-17)19(31-32-30)22(20)44-46(10,11)29(7,8)9/h17-26H,12-13H2,1-11H3/t17-,18-,19-,20-,21-,22-,23+,24-,25-,26?/m1/s1. The van der Waals surface area contributed by atoms with Crippen LogP contribution in [0.5, 0.6) is 0 Å². The average Bonchev–Trinajstić information content (AvgIpc) is 3.34. The molecule has 0 aromatic rings. The number of ether oxygens (including phenoxy) is 7. The molecule has 0 saturated carbocycles. The Kier molecular flexibility index (Phi) is 12.2. The van der Waals surface area contributed by atoms with Crippen molar-refractivity contribution < 1.29 is 56.8 Å². The van der Waals surface area contributed by atoms with Crippen LogP contribution in [0.25, 0.3) is 10.4 Å². The van der Waals surface area contributed by atoms with E-state index in [2.05, 4.69) is 30.8 Å². The number of carbonyl (C=O) groups excluding carboxylic acids is 4. The van der Waals surface area contributed by atoms with Crippen molar-refractivity contribution in [3.05, 3.63) is 10.4 Å². The van der Waals surface area contributed by atoms with Gasteiger partial charge in [0, 0.05) is 25.7 Å². The van der Waals surface area contributed by atoms with Gasteiger partial charge in [-0.3, -0.25) is 19.2 Å². The zero-order valence-electron chi connectivity index (χ0n) is 28.3. The van der Waals surface area contributed by atoms with Crippen LogP contribution in [0.2, 0.25) is 18.1 Å². The molecule has 15 nitrogen and oxygen atoms in total. The van der Waals surface area contributed by atoms with Crippen LogP contribution >= 0.6 is 11.8 Å². The molecule has 3 fully saturated rings. The Balaban J connectivity index is 2.14. The highest BCUT2D eigenvalue weighted by atomic mass is 32.2. The Hall–Kier alpha value is -2.40. The van der Waals surface area contributed by atoms with Crippen LogP contribution in [-0.4, -0.2) is 105 Å². The van der Waals surface area contributed by atoms with Gasteiger partial charge in [-0.05, 0) is 44.4 Å². The van der Waals surface area contributed by atoms with E-state index in [0.717, 1.165) is 11.8 Å². The second-order valence-electron chi connectivity index (χ2n) is 14.1. The van der Waals surface area contributed by atoms with Gasteiger partial charge < -0.3 is 37.6 Å². The Bertz CT molecular complexity index is 1200. The first-order valence-electron chi connectivity index (χ1n) is 15.1. The molecule has 17 heteroatoms. The number of rotatable bonds is 10. The zero-order chi connectivity index (χ0) is 34.8. The summed E-state index contributed by atoms with van der Waals surface area (Å²) in [4.78, 5) is 52.9. The molecule has 0 aromatic heterocycles. The minimum atomic E-state index is -2.52. The first kappa shape index (κ1) is 38.0. The molecule has 46 heavy (non-hydrogen) atoms. The Labute approximate surface area is 274 Å². The lowest BCUT2D eigenvalue weighted by Gasteiger charge is -2.49. The average molecular weight is 690 g/mol. The fraction of sp³-hybridized carbons (Fsp3) is 0.862. The lowest BCUT2D eigenvalue weighted by Crippen LogP contribution is -2.64. The van der Waals surface area contributed by atoms with Crippen LogP contribution < -0.4 is 0 Å². The maximum absolute atomic E-state index is 13.3. The van der Waals surface area contributed by atoms with Gasteiger partial charge in [0.2, 0.25) is 0 Å². The number of hydrogen-bond donors (Lipinski definition) is 0. The Morgan fingerprint density at radius 1 is 0.891 bits per heavy atom. The van der Waals surface area contributed by atoms with Crippen molar-refractivity contribution in [2.75, 3.05) is 13.2 Å². The van der Waals surface area contributed by atoms with E-state index >= 15 is 0 Å². The van der Waals surface area contributed by atoms with E-state index in [1.165, 1.54) is 20.8 Å². The predicted molar refractivity (Wildman–Crippen MR) is 167 cm³/mol. The summed E-state index contributed by atoms with van der Waals surface area (Å²) >= 11 is 1.09. The highest BCUT2D eigenvalue weighted by molar-refractivity contribution is 8.00. The maximum atomic E-state index is 13.3. The zero-order valence-corrected chi connectivity index (χ0v) is 30.2. The van der Waals surface area contributed by atoms with Crippen LogP contribution in [-0.2, 0) is 56.8 Å². The predicted octanol–water partition coefficient (Wildman–Crippen LogP) is 4.02. The molecule has 0 aliphatic carbocycles. The number of carbonyl (C=O) groups is 4. The van der Waals surface area contributed by atoms with E-state index in [9.17, 15) is 24.7 Å². The van der Waals surface area contributed by atoms with E-state index < -0.39 is 97.3 Å². The third-order valence-electron chi connectivity index (χ3n) is 8.25. The van der Waals surface area contributed by atoms with E-state index in [-0.39, 0.29) is 18.3 Å².